The molecule has 1 saturated heterocycles. The van der Waals surface area contributed by atoms with E-state index in [9.17, 15) is 9.90 Å². The third kappa shape index (κ3) is 3.66. The molecule has 132 valence electrons. The van der Waals surface area contributed by atoms with Gasteiger partial charge in [0, 0.05) is 28.5 Å². The second-order valence-electron chi connectivity index (χ2n) is 6.75. The molecule has 0 aromatic heterocycles. The fourth-order valence-corrected chi connectivity index (χ4v) is 4.45. The van der Waals surface area contributed by atoms with Crippen molar-refractivity contribution >= 4 is 29.1 Å². The van der Waals surface area contributed by atoms with Gasteiger partial charge in [-0.2, -0.15) is 0 Å². The Morgan fingerprint density at radius 2 is 1.79 bits per heavy atom. The SMILES string of the molecule is COc1cc(Cl)c(CC2CCN([C@H]3CC[C@@H](O)CC3)C2=O)c(Cl)c1. The molecule has 1 saturated carbocycles. The maximum Gasteiger partial charge on any atom is 0.226 e. The lowest BCUT2D eigenvalue weighted by atomic mass is 9.92. The van der Waals surface area contributed by atoms with Gasteiger partial charge < -0.3 is 14.7 Å². The van der Waals surface area contributed by atoms with Crippen LogP contribution in [0.15, 0.2) is 12.1 Å². The van der Waals surface area contributed by atoms with Crippen molar-refractivity contribution in [3.8, 4) is 5.75 Å². The van der Waals surface area contributed by atoms with Crippen molar-refractivity contribution in [2.75, 3.05) is 13.7 Å². The first-order chi connectivity index (χ1) is 11.5. The fourth-order valence-electron chi connectivity index (χ4n) is 3.82. The highest BCUT2D eigenvalue weighted by Gasteiger charge is 2.37. The zero-order valence-electron chi connectivity index (χ0n) is 13.8. The molecule has 2 fully saturated rings. The van der Waals surface area contributed by atoms with Gasteiger partial charge in [-0.25, -0.2) is 0 Å². The van der Waals surface area contributed by atoms with Crippen molar-refractivity contribution in [3.63, 3.8) is 0 Å². The topological polar surface area (TPSA) is 49.8 Å². The van der Waals surface area contributed by atoms with Crippen LogP contribution in [0.25, 0.3) is 0 Å². The Morgan fingerprint density at radius 1 is 1.17 bits per heavy atom. The molecule has 2 aliphatic rings. The Morgan fingerprint density at radius 3 is 2.38 bits per heavy atom. The average molecular weight is 372 g/mol. The first-order valence-electron chi connectivity index (χ1n) is 8.50. The minimum absolute atomic E-state index is 0.0692. The molecule has 1 aromatic carbocycles. The molecule has 0 bridgehead atoms. The highest BCUT2D eigenvalue weighted by atomic mass is 35.5. The van der Waals surface area contributed by atoms with Gasteiger partial charge in [0.2, 0.25) is 5.91 Å². The van der Waals surface area contributed by atoms with Gasteiger partial charge in [-0.3, -0.25) is 4.79 Å². The molecule has 1 heterocycles. The first-order valence-corrected chi connectivity index (χ1v) is 9.25. The number of benzene rings is 1. The molecule has 1 aliphatic carbocycles. The number of carbonyl (C=O) groups is 1. The quantitative estimate of drug-likeness (QED) is 0.877. The number of ether oxygens (including phenoxy) is 1. The van der Waals surface area contributed by atoms with E-state index in [1.807, 2.05) is 4.90 Å². The van der Waals surface area contributed by atoms with E-state index >= 15 is 0 Å². The van der Waals surface area contributed by atoms with Crippen LogP contribution < -0.4 is 4.74 Å². The summed E-state index contributed by atoms with van der Waals surface area (Å²) in [6.45, 7) is 0.787. The number of halogens is 2. The Labute approximate surface area is 152 Å². The molecule has 1 aliphatic heterocycles. The van der Waals surface area contributed by atoms with Crippen LogP contribution in [0.4, 0.5) is 0 Å². The fraction of sp³-hybridized carbons (Fsp3) is 0.611. The van der Waals surface area contributed by atoms with Crippen LogP contribution >= 0.6 is 23.2 Å². The van der Waals surface area contributed by atoms with Crippen LogP contribution in [0, 0.1) is 5.92 Å². The summed E-state index contributed by atoms with van der Waals surface area (Å²) in [6.07, 6.45) is 4.55. The smallest absolute Gasteiger partial charge is 0.226 e. The molecule has 24 heavy (non-hydrogen) atoms. The zero-order valence-corrected chi connectivity index (χ0v) is 15.3. The van der Waals surface area contributed by atoms with E-state index < -0.39 is 0 Å². The lowest BCUT2D eigenvalue weighted by molar-refractivity contribution is -0.133. The molecule has 1 atom stereocenters. The van der Waals surface area contributed by atoms with E-state index in [0.29, 0.717) is 22.2 Å². The van der Waals surface area contributed by atoms with E-state index in [0.717, 1.165) is 44.2 Å². The summed E-state index contributed by atoms with van der Waals surface area (Å²) < 4.78 is 5.16. The van der Waals surface area contributed by atoms with Crippen LogP contribution in [-0.4, -0.2) is 41.7 Å². The summed E-state index contributed by atoms with van der Waals surface area (Å²) in [5, 5.41) is 10.7. The molecule has 4 nitrogen and oxygen atoms in total. The summed E-state index contributed by atoms with van der Waals surface area (Å²) in [5.41, 5.74) is 0.818. The van der Waals surface area contributed by atoms with Crippen molar-refractivity contribution in [2.45, 2.75) is 50.7 Å². The Balaban J connectivity index is 1.68. The normalized spacial score (nSPS) is 27.6. The number of amides is 1. The van der Waals surface area contributed by atoms with Crippen LogP contribution in [0.1, 0.15) is 37.7 Å². The molecule has 1 unspecified atom stereocenters. The maximum atomic E-state index is 12.8. The standard InChI is InChI=1S/C18H23Cl2NO3/c1-24-14-9-16(19)15(17(20)10-14)8-11-6-7-21(18(11)23)12-2-4-13(22)5-3-12/h9-13,22H,2-8H2,1H3/t11?,12-,13+. The summed E-state index contributed by atoms with van der Waals surface area (Å²) in [6, 6.07) is 3.75. The van der Waals surface area contributed by atoms with E-state index in [4.69, 9.17) is 27.9 Å². The van der Waals surface area contributed by atoms with Gasteiger partial charge >= 0.3 is 0 Å². The summed E-state index contributed by atoms with van der Waals surface area (Å²) in [7, 11) is 1.57. The Bertz CT molecular complexity index is 591. The third-order valence-corrected chi connectivity index (χ3v) is 5.93. The number of rotatable bonds is 4. The maximum absolute atomic E-state index is 12.8. The first kappa shape index (κ1) is 17.8. The number of methoxy groups -OCH3 is 1. The highest BCUT2D eigenvalue weighted by Crippen LogP contribution is 2.35. The third-order valence-electron chi connectivity index (χ3n) is 5.26. The van der Waals surface area contributed by atoms with E-state index in [1.165, 1.54) is 0 Å². The summed E-state index contributed by atoms with van der Waals surface area (Å²) in [4.78, 5) is 14.8. The van der Waals surface area contributed by atoms with Crippen molar-refractivity contribution < 1.29 is 14.6 Å². The molecule has 6 heteroatoms. The summed E-state index contributed by atoms with van der Waals surface area (Å²) in [5.74, 6) is 0.744. The highest BCUT2D eigenvalue weighted by molar-refractivity contribution is 6.36. The van der Waals surface area contributed by atoms with E-state index in [2.05, 4.69) is 0 Å². The molecular weight excluding hydrogens is 349 g/mol. The van der Waals surface area contributed by atoms with Crippen LogP contribution in [0.2, 0.25) is 10.0 Å². The van der Waals surface area contributed by atoms with Crippen molar-refractivity contribution in [1.82, 2.24) is 4.90 Å². The van der Waals surface area contributed by atoms with Gasteiger partial charge in [-0.15, -0.1) is 0 Å². The lowest BCUT2D eigenvalue weighted by Crippen LogP contribution is -2.41. The number of likely N-dealkylation sites (tertiary alicyclic amines) is 1. The molecule has 0 radical (unpaired) electrons. The minimum atomic E-state index is -0.202. The monoisotopic (exact) mass is 371 g/mol. The number of aliphatic hydroxyl groups is 1. The lowest BCUT2D eigenvalue weighted by Gasteiger charge is -2.33. The van der Waals surface area contributed by atoms with Gasteiger partial charge in [0.25, 0.3) is 0 Å². The molecular formula is C18H23Cl2NO3. The summed E-state index contributed by atoms with van der Waals surface area (Å²) >= 11 is 12.6. The second-order valence-corrected chi connectivity index (χ2v) is 7.57. The number of nitrogens with zero attached hydrogens (tertiary/aromatic N) is 1. The number of hydrogen-bond acceptors (Lipinski definition) is 3. The van der Waals surface area contributed by atoms with Crippen molar-refractivity contribution in [3.05, 3.63) is 27.7 Å². The van der Waals surface area contributed by atoms with Gasteiger partial charge in [0.1, 0.15) is 5.75 Å². The second kappa shape index (κ2) is 7.51. The van der Waals surface area contributed by atoms with Crippen molar-refractivity contribution in [1.29, 1.82) is 0 Å². The van der Waals surface area contributed by atoms with Crippen molar-refractivity contribution in [2.24, 2.45) is 5.92 Å². The molecule has 1 amide bonds. The van der Waals surface area contributed by atoms with Gasteiger partial charge in [-0.1, -0.05) is 23.2 Å². The number of hydrogen-bond donors (Lipinski definition) is 1. The molecule has 1 aromatic rings. The Kier molecular flexibility index (Phi) is 5.58. The largest absolute Gasteiger partial charge is 0.497 e. The minimum Gasteiger partial charge on any atom is -0.497 e. The van der Waals surface area contributed by atoms with E-state index in [-0.39, 0.29) is 24.0 Å². The molecule has 3 rings (SSSR count). The number of aliphatic hydroxyl groups excluding tert-OH is 1. The van der Waals surface area contributed by atoms with Crippen LogP contribution in [-0.2, 0) is 11.2 Å². The number of carbonyl (C=O) groups excluding carboxylic acids is 1. The van der Waals surface area contributed by atoms with E-state index in [1.54, 1.807) is 19.2 Å². The predicted molar refractivity (Wildman–Crippen MR) is 94.8 cm³/mol. The molecule has 1 N–H and O–H groups in total. The van der Waals surface area contributed by atoms with Gasteiger partial charge in [0.05, 0.1) is 13.2 Å². The Hall–Kier alpha value is -0.970. The molecule has 0 spiro atoms. The zero-order chi connectivity index (χ0) is 17.3. The van der Waals surface area contributed by atoms with Crippen LogP contribution in [0.5, 0.6) is 5.75 Å². The average Bonchev–Trinajstić information content (AvgIpc) is 2.92. The van der Waals surface area contributed by atoms with Gasteiger partial charge in [-0.05, 0) is 56.2 Å². The van der Waals surface area contributed by atoms with Gasteiger partial charge in [0.15, 0.2) is 0 Å². The predicted octanol–water partition coefficient (Wildman–Crippen LogP) is 3.70. The van der Waals surface area contributed by atoms with Crippen LogP contribution in [0.3, 0.4) is 0 Å².